The molecule has 0 radical (unpaired) electrons. The van der Waals surface area contributed by atoms with Crippen molar-refractivity contribution in [1.29, 1.82) is 0 Å². The van der Waals surface area contributed by atoms with Crippen molar-refractivity contribution in [2.24, 2.45) is 0 Å². The van der Waals surface area contributed by atoms with Gasteiger partial charge in [0.1, 0.15) is 11.9 Å². The smallest absolute Gasteiger partial charge is 0.248 e. The largest absolute Gasteiger partial charge is 0.389 e. The number of β-amino-alcohol motifs (C(OH)–C–C–N with tert-alkyl or cyclic N) is 1. The van der Waals surface area contributed by atoms with E-state index in [0.717, 1.165) is 23.5 Å². The minimum absolute atomic E-state index is 0.0890. The maximum atomic E-state index is 14.4. The number of amides is 2. The third-order valence-electron chi connectivity index (χ3n) is 8.25. The molecule has 11 heteroatoms. The number of aliphatic hydroxyl groups is 1. The van der Waals surface area contributed by atoms with Crippen LogP contribution in [-0.2, 0) is 15.0 Å². The average Bonchev–Trinajstić information content (AvgIpc) is 3.40. The second-order valence-corrected chi connectivity index (χ2v) is 12.3. The Hall–Kier alpha value is -3.18. The van der Waals surface area contributed by atoms with Crippen LogP contribution in [0.2, 0.25) is 0 Å². The number of nitrogens with zero attached hydrogens (tertiary/aromatic N) is 2. The first-order valence-corrected chi connectivity index (χ1v) is 13.7. The molecule has 0 spiro atoms. The molecule has 1 saturated heterocycles. The Labute approximate surface area is 231 Å². The summed E-state index contributed by atoms with van der Waals surface area (Å²) in [6, 6.07) is 3.96. The Kier molecular flexibility index (Phi) is 7.33. The van der Waals surface area contributed by atoms with Crippen LogP contribution in [-0.4, -0.2) is 58.6 Å². The summed E-state index contributed by atoms with van der Waals surface area (Å²) < 4.78 is 42.0. The number of benzene rings is 1. The number of carbonyl (C=O) groups is 2. The van der Waals surface area contributed by atoms with Crippen LogP contribution in [0.4, 0.5) is 24.5 Å². The van der Waals surface area contributed by atoms with Crippen LogP contribution >= 0.6 is 0 Å². The minimum atomic E-state index is -2.77. The zero-order valence-electron chi connectivity index (χ0n) is 22.9. The second kappa shape index (κ2) is 10.3. The topological polar surface area (TPSA) is 107 Å². The average molecular weight is 560 g/mol. The first-order valence-electron chi connectivity index (χ1n) is 13.7. The third kappa shape index (κ3) is 5.81. The van der Waals surface area contributed by atoms with Gasteiger partial charge in [-0.2, -0.15) is 0 Å². The van der Waals surface area contributed by atoms with Gasteiger partial charge in [0.15, 0.2) is 0 Å². The summed E-state index contributed by atoms with van der Waals surface area (Å²) in [6.07, 6.45) is 1.93. The van der Waals surface area contributed by atoms with Gasteiger partial charge in [0.05, 0.1) is 17.8 Å². The Balaban J connectivity index is 1.56. The van der Waals surface area contributed by atoms with E-state index in [1.54, 1.807) is 19.1 Å². The van der Waals surface area contributed by atoms with Crippen LogP contribution in [0.5, 0.6) is 0 Å². The lowest BCUT2D eigenvalue weighted by Gasteiger charge is -2.35. The lowest BCUT2D eigenvalue weighted by molar-refractivity contribution is -0.128. The van der Waals surface area contributed by atoms with Gasteiger partial charge in [-0.15, -0.1) is 0 Å². The molecule has 3 heterocycles. The van der Waals surface area contributed by atoms with E-state index in [1.165, 1.54) is 11.1 Å². The molecule has 1 saturated carbocycles. The van der Waals surface area contributed by atoms with E-state index in [4.69, 9.17) is 0 Å². The van der Waals surface area contributed by atoms with Crippen LogP contribution in [0.3, 0.4) is 0 Å². The van der Waals surface area contributed by atoms with E-state index in [9.17, 15) is 27.9 Å². The van der Waals surface area contributed by atoms with E-state index in [-0.39, 0.29) is 49.6 Å². The molecule has 1 aromatic heterocycles. The number of fused-ring (bicyclic) bond motifs is 1. The molecule has 216 valence electrons. The van der Waals surface area contributed by atoms with Crippen LogP contribution in [0.25, 0.3) is 0 Å². The summed E-state index contributed by atoms with van der Waals surface area (Å²) in [5.41, 5.74) is 1.16. The maximum Gasteiger partial charge on any atom is 0.248 e. The highest BCUT2D eigenvalue weighted by Gasteiger charge is 2.44. The number of hydrogen-bond donors (Lipinski definition) is 4. The lowest BCUT2D eigenvalue weighted by Crippen LogP contribution is -2.52. The Morgan fingerprint density at radius 2 is 1.85 bits per heavy atom. The molecular weight excluding hydrogens is 523 g/mol. The maximum absolute atomic E-state index is 14.4. The number of carbonyl (C=O) groups excluding carboxylic acids is 2. The Bertz CT molecular complexity index is 1290. The SMILES string of the molecule is CC1(O)CNC(C(=O)N(c2ccc3c(c2)NCC3(C)C)C(C(=O)NC2CCC(F)(F)CC2)c2cncc(F)c2)C1. The molecule has 8 nitrogen and oxygen atoms in total. The van der Waals surface area contributed by atoms with Gasteiger partial charge in [-0.3, -0.25) is 19.5 Å². The summed E-state index contributed by atoms with van der Waals surface area (Å²) in [4.78, 5) is 33.4. The highest BCUT2D eigenvalue weighted by Crippen LogP contribution is 2.41. The highest BCUT2D eigenvalue weighted by atomic mass is 19.3. The molecule has 2 amide bonds. The number of nitrogens with one attached hydrogen (secondary N) is 3. The fourth-order valence-electron chi connectivity index (χ4n) is 5.96. The predicted octanol–water partition coefficient (Wildman–Crippen LogP) is 3.81. The molecule has 0 bridgehead atoms. The monoisotopic (exact) mass is 559 g/mol. The first-order chi connectivity index (χ1) is 18.7. The number of alkyl halides is 2. The molecule has 1 aromatic carbocycles. The molecule has 2 fully saturated rings. The summed E-state index contributed by atoms with van der Waals surface area (Å²) in [5, 5.41) is 19.8. The van der Waals surface area contributed by atoms with Crippen molar-refractivity contribution < 1.29 is 27.9 Å². The van der Waals surface area contributed by atoms with E-state index < -0.39 is 47.3 Å². The van der Waals surface area contributed by atoms with Gasteiger partial charge in [0, 0.05) is 66.9 Å². The number of pyridine rings is 1. The fourth-order valence-corrected chi connectivity index (χ4v) is 5.96. The van der Waals surface area contributed by atoms with E-state index >= 15 is 0 Å². The molecule has 2 aliphatic heterocycles. The fraction of sp³-hybridized carbons (Fsp3) is 0.552. The summed E-state index contributed by atoms with van der Waals surface area (Å²) in [7, 11) is 0. The normalized spacial score (nSPS) is 26.0. The Morgan fingerprint density at radius 1 is 1.12 bits per heavy atom. The molecule has 1 aliphatic carbocycles. The molecule has 3 unspecified atom stereocenters. The number of halogens is 3. The lowest BCUT2D eigenvalue weighted by atomic mass is 9.87. The molecule has 3 atom stereocenters. The van der Waals surface area contributed by atoms with Crippen molar-refractivity contribution >= 4 is 23.2 Å². The van der Waals surface area contributed by atoms with E-state index in [0.29, 0.717) is 12.2 Å². The molecule has 3 aliphatic rings. The van der Waals surface area contributed by atoms with Crippen LogP contribution in [0.15, 0.2) is 36.7 Å². The van der Waals surface area contributed by atoms with Gasteiger partial charge in [-0.1, -0.05) is 19.9 Å². The number of aromatic nitrogens is 1. The first kappa shape index (κ1) is 28.4. The van der Waals surface area contributed by atoms with Gasteiger partial charge in [-0.05, 0) is 43.5 Å². The van der Waals surface area contributed by atoms with Gasteiger partial charge in [0.25, 0.3) is 0 Å². The molecule has 4 N–H and O–H groups in total. The molecule has 40 heavy (non-hydrogen) atoms. The zero-order valence-corrected chi connectivity index (χ0v) is 22.9. The molecule has 2 aromatic rings. The van der Waals surface area contributed by atoms with Crippen molar-refractivity contribution in [3.8, 4) is 0 Å². The molecular formula is C29H36F3N5O3. The van der Waals surface area contributed by atoms with Crippen LogP contribution < -0.4 is 20.9 Å². The number of hydrogen-bond acceptors (Lipinski definition) is 6. The predicted molar refractivity (Wildman–Crippen MR) is 145 cm³/mol. The van der Waals surface area contributed by atoms with Crippen LogP contribution in [0.1, 0.15) is 70.0 Å². The van der Waals surface area contributed by atoms with Crippen molar-refractivity contribution in [2.45, 2.75) is 87.9 Å². The number of anilines is 2. The zero-order chi connectivity index (χ0) is 28.9. The van der Waals surface area contributed by atoms with E-state index in [1.807, 2.05) is 6.07 Å². The molecule has 5 rings (SSSR count). The quantitative estimate of drug-likeness (QED) is 0.429. The third-order valence-corrected chi connectivity index (χ3v) is 8.25. The minimum Gasteiger partial charge on any atom is -0.389 e. The van der Waals surface area contributed by atoms with Gasteiger partial charge < -0.3 is 21.1 Å². The van der Waals surface area contributed by atoms with Crippen molar-refractivity contribution in [3.63, 3.8) is 0 Å². The van der Waals surface area contributed by atoms with Crippen molar-refractivity contribution in [3.05, 3.63) is 53.6 Å². The van der Waals surface area contributed by atoms with Crippen molar-refractivity contribution in [2.75, 3.05) is 23.3 Å². The van der Waals surface area contributed by atoms with Gasteiger partial charge in [-0.25, -0.2) is 13.2 Å². The van der Waals surface area contributed by atoms with Crippen LogP contribution in [0, 0.1) is 5.82 Å². The summed E-state index contributed by atoms with van der Waals surface area (Å²) >= 11 is 0. The van der Waals surface area contributed by atoms with E-state index in [2.05, 4.69) is 34.8 Å². The second-order valence-electron chi connectivity index (χ2n) is 12.3. The summed E-state index contributed by atoms with van der Waals surface area (Å²) in [6.45, 7) is 6.70. The number of rotatable bonds is 6. The summed E-state index contributed by atoms with van der Waals surface area (Å²) in [5.74, 6) is -4.55. The van der Waals surface area contributed by atoms with Gasteiger partial charge in [0.2, 0.25) is 17.7 Å². The van der Waals surface area contributed by atoms with Gasteiger partial charge >= 0.3 is 0 Å². The highest BCUT2D eigenvalue weighted by molar-refractivity contribution is 6.04. The Morgan fingerprint density at radius 3 is 2.50 bits per heavy atom. The standard InChI is InChI=1S/C29H36F3N5O3/c1-27(2)15-34-22-11-20(4-5-21(22)27)37(26(39)23-12-28(3,40)16-35-23)24(17-10-18(30)14-33-13-17)25(38)36-19-6-8-29(31,32)9-7-19/h4-5,10-11,13-14,19,23-24,34-35,40H,6-9,12,15-16H2,1-3H3,(H,36,38). The van der Waals surface area contributed by atoms with Crippen molar-refractivity contribution in [1.82, 2.24) is 15.6 Å².